The Bertz CT molecular complexity index is 656. The van der Waals surface area contributed by atoms with Crippen molar-refractivity contribution in [2.75, 3.05) is 13.1 Å². The highest BCUT2D eigenvalue weighted by molar-refractivity contribution is 6.30. The average Bonchev–Trinajstić information content (AvgIpc) is 3.09. The minimum atomic E-state index is -0.109. The first kappa shape index (κ1) is 14.9. The zero-order chi connectivity index (χ0) is 15.5. The van der Waals surface area contributed by atoms with Crippen LogP contribution in [0.3, 0.4) is 0 Å². The first-order valence-electron chi connectivity index (χ1n) is 7.27. The van der Waals surface area contributed by atoms with Crippen molar-refractivity contribution in [3.05, 3.63) is 59.0 Å². The molecule has 114 valence electrons. The largest absolute Gasteiger partial charge is 0.459 e. The second-order valence-electron chi connectivity index (χ2n) is 5.41. The van der Waals surface area contributed by atoms with Gasteiger partial charge in [0.2, 0.25) is 0 Å². The number of piperidine rings is 1. The number of Topliss-reactive ketones (excluding diaryl/α,β-unsaturated/α-hetero) is 1. The maximum atomic E-state index is 12.5. The lowest BCUT2D eigenvalue weighted by atomic mass is 9.89. The minimum Gasteiger partial charge on any atom is -0.459 e. The van der Waals surface area contributed by atoms with Crippen LogP contribution in [0.15, 0.2) is 47.1 Å². The Morgan fingerprint density at radius 2 is 1.77 bits per heavy atom. The molecule has 0 N–H and O–H groups in total. The number of nitrogens with zero attached hydrogens (tertiary/aromatic N) is 1. The third kappa shape index (κ3) is 3.07. The van der Waals surface area contributed by atoms with Crippen LogP contribution in [0.1, 0.15) is 33.8 Å². The SMILES string of the molecule is O=C(c1ccc(Cl)cc1)C1CCN(C(=O)c2ccco2)CC1. The third-order valence-corrected chi connectivity index (χ3v) is 4.27. The maximum Gasteiger partial charge on any atom is 0.289 e. The van der Waals surface area contributed by atoms with Crippen LogP contribution in [0.5, 0.6) is 0 Å². The summed E-state index contributed by atoms with van der Waals surface area (Å²) in [5.41, 5.74) is 0.681. The molecule has 22 heavy (non-hydrogen) atoms. The average molecular weight is 318 g/mol. The van der Waals surface area contributed by atoms with Gasteiger partial charge in [0.1, 0.15) is 0 Å². The van der Waals surface area contributed by atoms with Gasteiger partial charge in [-0.25, -0.2) is 0 Å². The van der Waals surface area contributed by atoms with E-state index in [1.54, 1.807) is 41.3 Å². The molecular formula is C17H16ClNO3. The topological polar surface area (TPSA) is 50.5 Å². The van der Waals surface area contributed by atoms with Crippen molar-refractivity contribution in [3.8, 4) is 0 Å². The van der Waals surface area contributed by atoms with Crippen LogP contribution >= 0.6 is 11.6 Å². The monoisotopic (exact) mass is 317 g/mol. The molecule has 3 rings (SSSR count). The summed E-state index contributed by atoms with van der Waals surface area (Å²) in [5.74, 6) is 0.327. The number of likely N-dealkylation sites (tertiary alicyclic amines) is 1. The Morgan fingerprint density at radius 3 is 2.36 bits per heavy atom. The van der Waals surface area contributed by atoms with Crippen LogP contribution in [0.2, 0.25) is 5.02 Å². The number of amides is 1. The molecule has 0 aliphatic carbocycles. The highest BCUT2D eigenvalue weighted by Crippen LogP contribution is 2.23. The van der Waals surface area contributed by atoms with Gasteiger partial charge in [-0.15, -0.1) is 0 Å². The molecule has 0 bridgehead atoms. The predicted molar refractivity (Wildman–Crippen MR) is 83.1 cm³/mol. The second kappa shape index (κ2) is 6.36. The third-order valence-electron chi connectivity index (χ3n) is 4.01. The summed E-state index contributed by atoms with van der Waals surface area (Å²) in [6.45, 7) is 1.15. The van der Waals surface area contributed by atoms with E-state index in [4.69, 9.17) is 16.0 Å². The molecule has 0 atom stereocenters. The Hall–Kier alpha value is -2.07. The van der Waals surface area contributed by atoms with Crippen LogP contribution in [0, 0.1) is 5.92 Å². The number of benzene rings is 1. The van der Waals surface area contributed by atoms with Crippen LogP contribution in [0.25, 0.3) is 0 Å². The lowest BCUT2D eigenvalue weighted by molar-refractivity contribution is 0.0624. The molecule has 1 saturated heterocycles. The summed E-state index contributed by atoms with van der Waals surface area (Å²) in [6.07, 6.45) is 2.84. The lowest BCUT2D eigenvalue weighted by Crippen LogP contribution is -2.40. The molecule has 1 amide bonds. The first-order valence-corrected chi connectivity index (χ1v) is 7.65. The van der Waals surface area contributed by atoms with Gasteiger partial charge in [0.15, 0.2) is 11.5 Å². The quantitative estimate of drug-likeness (QED) is 0.812. The molecule has 1 aliphatic rings. The van der Waals surface area contributed by atoms with Crippen molar-refractivity contribution in [1.29, 1.82) is 0 Å². The predicted octanol–water partition coefficient (Wildman–Crippen LogP) is 3.67. The molecular weight excluding hydrogens is 302 g/mol. The van der Waals surface area contributed by atoms with E-state index in [1.807, 2.05) is 0 Å². The van der Waals surface area contributed by atoms with E-state index >= 15 is 0 Å². The van der Waals surface area contributed by atoms with Gasteiger partial charge in [0.25, 0.3) is 5.91 Å². The molecule has 4 nitrogen and oxygen atoms in total. The van der Waals surface area contributed by atoms with Gasteiger partial charge in [-0.1, -0.05) is 11.6 Å². The van der Waals surface area contributed by atoms with Crippen molar-refractivity contribution < 1.29 is 14.0 Å². The Labute approximate surface area is 133 Å². The standard InChI is InChI=1S/C17H16ClNO3/c18-14-5-3-12(4-6-14)16(20)13-7-9-19(10-8-13)17(21)15-2-1-11-22-15/h1-6,11,13H,7-10H2. The number of furan rings is 1. The van der Waals surface area contributed by atoms with Gasteiger partial charge in [-0.05, 0) is 49.2 Å². The van der Waals surface area contributed by atoms with E-state index < -0.39 is 0 Å². The van der Waals surface area contributed by atoms with E-state index in [0.717, 1.165) is 0 Å². The van der Waals surface area contributed by atoms with Crippen LogP contribution in [0.4, 0.5) is 0 Å². The highest BCUT2D eigenvalue weighted by Gasteiger charge is 2.29. The number of carbonyl (C=O) groups excluding carboxylic acids is 2. The molecule has 2 aromatic rings. The molecule has 5 heteroatoms. The highest BCUT2D eigenvalue weighted by atomic mass is 35.5. The summed E-state index contributed by atoms with van der Waals surface area (Å²) in [6, 6.07) is 10.3. The zero-order valence-corrected chi connectivity index (χ0v) is 12.8. The van der Waals surface area contributed by atoms with E-state index in [2.05, 4.69) is 0 Å². The van der Waals surface area contributed by atoms with E-state index in [0.29, 0.717) is 42.3 Å². The molecule has 0 unspecified atom stereocenters. The number of carbonyl (C=O) groups is 2. The molecule has 0 radical (unpaired) electrons. The van der Waals surface area contributed by atoms with Crippen LogP contribution in [-0.4, -0.2) is 29.7 Å². The first-order chi connectivity index (χ1) is 10.6. The minimum absolute atomic E-state index is 0.0400. The van der Waals surface area contributed by atoms with E-state index in [1.165, 1.54) is 6.26 Å². The normalized spacial score (nSPS) is 15.8. The van der Waals surface area contributed by atoms with Crippen molar-refractivity contribution in [2.45, 2.75) is 12.8 Å². The summed E-state index contributed by atoms with van der Waals surface area (Å²) in [7, 11) is 0. The van der Waals surface area contributed by atoms with Crippen molar-refractivity contribution in [2.24, 2.45) is 5.92 Å². The van der Waals surface area contributed by atoms with Crippen molar-refractivity contribution in [3.63, 3.8) is 0 Å². The van der Waals surface area contributed by atoms with Gasteiger partial charge in [-0.2, -0.15) is 0 Å². The Morgan fingerprint density at radius 1 is 1.09 bits per heavy atom. The van der Waals surface area contributed by atoms with Gasteiger partial charge < -0.3 is 9.32 Å². The molecule has 1 fully saturated rings. The molecule has 1 aromatic heterocycles. The zero-order valence-electron chi connectivity index (χ0n) is 12.0. The number of hydrogen-bond acceptors (Lipinski definition) is 3. The number of rotatable bonds is 3. The van der Waals surface area contributed by atoms with Gasteiger partial charge in [0.05, 0.1) is 6.26 Å². The van der Waals surface area contributed by atoms with Gasteiger partial charge >= 0.3 is 0 Å². The fourth-order valence-electron chi connectivity index (χ4n) is 2.75. The van der Waals surface area contributed by atoms with E-state index in [-0.39, 0.29) is 17.6 Å². The Kier molecular flexibility index (Phi) is 4.29. The Balaban J connectivity index is 1.60. The van der Waals surface area contributed by atoms with E-state index in [9.17, 15) is 9.59 Å². The summed E-state index contributed by atoms with van der Waals surface area (Å²) in [4.78, 5) is 26.4. The smallest absolute Gasteiger partial charge is 0.289 e. The summed E-state index contributed by atoms with van der Waals surface area (Å²) in [5, 5.41) is 0.621. The second-order valence-corrected chi connectivity index (χ2v) is 5.85. The van der Waals surface area contributed by atoms with Crippen molar-refractivity contribution >= 4 is 23.3 Å². The van der Waals surface area contributed by atoms with Crippen LogP contribution < -0.4 is 0 Å². The molecule has 2 heterocycles. The molecule has 0 saturated carbocycles. The summed E-state index contributed by atoms with van der Waals surface area (Å²) < 4.78 is 5.13. The van der Waals surface area contributed by atoms with Crippen molar-refractivity contribution in [1.82, 2.24) is 4.90 Å². The fraction of sp³-hybridized carbons (Fsp3) is 0.294. The molecule has 1 aromatic carbocycles. The number of ketones is 1. The molecule has 1 aliphatic heterocycles. The van der Waals surface area contributed by atoms with Gasteiger partial charge in [-0.3, -0.25) is 9.59 Å². The number of hydrogen-bond donors (Lipinski definition) is 0. The molecule has 0 spiro atoms. The van der Waals surface area contributed by atoms with Crippen LogP contribution in [-0.2, 0) is 0 Å². The van der Waals surface area contributed by atoms with Gasteiger partial charge in [0, 0.05) is 29.6 Å². The lowest BCUT2D eigenvalue weighted by Gasteiger charge is -2.30. The maximum absolute atomic E-state index is 12.5. The fourth-order valence-corrected chi connectivity index (χ4v) is 2.88. The number of halogens is 1. The summed E-state index contributed by atoms with van der Waals surface area (Å²) >= 11 is 5.84.